The predicted molar refractivity (Wildman–Crippen MR) is 84.7 cm³/mol. The van der Waals surface area contributed by atoms with E-state index in [1.807, 2.05) is 6.07 Å². The van der Waals surface area contributed by atoms with Gasteiger partial charge in [0.05, 0.1) is 23.9 Å². The molecule has 1 amide bonds. The van der Waals surface area contributed by atoms with Gasteiger partial charge in [-0.15, -0.1) is 0 Å². The van der Waals surface area contributed by atoms with Crippen LogP contribution in [0.4, 0.5) is 11.4 Å². The third kappa shape index (κ3) is 3.93. The van der Waals surface area contributed by atoms with Crippen LogP contribution in [0.1, 0.15) is 22.8 Å². The molecule has 0 saturated carbocycles. The molecule has 5 nitrogen and oxygen atoms in total. The number of Topliss-reactive ketones (excluding diaryl/α,β-unsaturated/α-hetero) is 1. The predicted octanol–water partition coefficient (Wildman–Crippen LogP) is 2.81. The molecular formula is C17H15N3O2. The molecule has 0 heterocycles. The zero-order valence-electron chi connectivity index (χ0n) is 12.1. The lowest BCUT2D eigenvalue weighted by Crippen LogP contribution is -2.22. The van der Waals surface area contributed by atoms with Crippen LogP contribution in [0.15, 0.2) is 48.5 Å². The van der Waals surface area contributed by atoms with Gasteiger partial charge in [-0.1, -0.05) is 12.1 Å². The summed E-state index contributed by atoms with van der Waals surface area (Å²) in [5, 5.41) is 14.4. The summed E-state index contributed by atoms with van der Waals surface area (Å²) in [5.74, 6) is -0.353. The van der Waals surface area contributed by atoms with Crippen LogP contribution in [0, 0.1) is 11.3 Å². The number of nitrogens with zero attached hydrogens (tertiary/aromatic N) is 1. The fraction of sp³-hybridized carbons (Fsp3) is 0.118. The molecular weight excluding hydrogens is 278 g/mol. The molecule has 0 radical (unpaired) electrons. The average Bonchev–Trinajstić information content (AvgIpc) is 2.53. The van der Waals surface area contributed by atoms with Gasteiger partial charge in [0.15, 0.2) is 5.78 Å². The highest BCUT2D eigenvalue weighted by Crippen LogP contribution is 2.15. The van der Waals surface area contributed by atoms with Crippen molar-refractivity contribution in [2.45, 2.75) is 6.92 Å². The van der Waals surface area contributed by atoms with E-state index in [1.54, 1.807) is 48.5 Å². The number of nitrogens with one attached hydrogen (secondary N) is 2. The van der Waals surface area contributed by atoms with Crippen LogP contribution < -0.4 is 10.6 Å². The molecule has 0 fully saturated rings. The number of para-hydroxylation sites is 1. The number of benzene rings is 2. The van der Waals surface area contributed by atoms with E-state index >= 15 is 0 Å². The fourth-order valence-electron chi connectivity index (χ4n) is 1.94. The fourth-order valence-corrected chi connectivity index (χ4v) is 1.94. The van der Waals surface area contributed by atoms with Crippen molar-refractivity contribution in [2.75, 3.05) is 17.2 Å². The normalized spacial score (nSPS) is 9.64. The van der Waals surface area contributed by atoms with Crippen molar-refractivity contribution in [2.24, 2.45) is 0 Å². The summed E-state index contributed by atoms with van der Waals surface area (Å²) in [4.78, 5) is 23.4. The Bertz CT molecular complexity index is 730. The maximum atomic E-state index is 11.9. The first-order chi connectivity index (χ1) is 10.6. The standard InChI is InChI=1S/C17H15N3O2/c1-12(21)15-4-2-3-5-16(15)20-17(22)11-19-14-8-6-13(10-18)7-9-14/h2-9,19H,11H2,1H3,(H,20,22). The molecule has 0 aromatic heterocycles. The number of carbonyl (C=O) groups excluding carboxylic acids is 2. The van der Waals surface area contributed by atoms with Crippen molar-refractivity contribution in [3.63, 3.8) is 0 Å². The summed E-state index contributed by atoms with van der Waals surface area (Å²) >= 11 is 0. The minimum Gasteiger partial charge on any atom is -0.376 e. The number of rotatable bonds is 5. The molecule has 0 saturated heterocycles. The van der Waals surface area contributed by atoms with E-state index in [0.717, 1.165) is 5.69 Å². The Labute approximate surface area is 128 Å². The highest BCUT2D eigenvalue weighted by molar-refractivity contribution is 6.04. The molecule has 5 heteroatoms. The highest BCUT2D eigenvalue weighted by Gasteiger charge is 2.09. The number of nitriles is 1. The van der Waals surface area contributed by atoms with Crippen LogP contribution >= 0.6 is 0 Å². The average molecular weight is 293 g/mol. The van der Waals surface area contributed by atoms with Gasteiger partial charge >= 0.3 is 0 Å². The van der Waals surface area contributed by atoms with Gasteiger partial charge in [0.2, 0.25) is 5.91 Å². The molecule has 0 aliphatic heterocycles. The summed E-state index contributed by atoms with van der Waals surface area (Å²) < 4.78 is 0. The number of hydrogen-bond donors (Lipinski definition) is 2. The van der Waals surface area contributed by atoms with Crippen molar-refractivity contribution in [3.8, 4) is 6.07 Å². The molecule has 2 aromatic rings. The van der Waals surface area contributed by atoms with Crippen molar-refractivity contribution < 1.29 is 9.59 Å². The van der Waals surface area contributed by atoms with Crippen molar-refractivity contribution in [1.29, 1.82) is 5.26 Å². The molecule has 0 atom stereocenters. The van der Waals surface area contributed by atoms with E-state index in [-0.39, 0.29) is 18.2 Å². The third-order valence-corrected chi connectivity index (χ3v) is 3.05. The van der Waals surface area contributed by atoms with Crippen LogP contribution in [-0.4, -0.2) is 18.2 Å². The van der Waals surface area contributed by atoms with Crippen molar-refractivity contribution in [3.05, 3.63) is 59.7 Å². The summed E-state index contributed by atoms with van der Waals surface area (Å²) in [6, 6.07) is 15.7. The first-order valence-electron chi connectivity index (χ1n) is 6.74. The van der Waals surface area contributed by atoms with Gasteiger partial charge in [-0.2, -0.15) is 5.26 Å². The number of hydrogen-bond acceptors (Lipinski definition) is 4. The molecule has 0 unspecified atom stereocenters. The summed E-state index contributed by atoms with van der Waals surface area (Å²) in [6.07, 6.45) is 0. The Balaban J connectivity index is 1.96. The summed E-state index contributed by atoms with van der Waals surface area (Å²) in [6.45, 7) is 1.53. The largest absolute Gasteiger partial charge is 0.376 e. The maximum Gasteiger partial charge on any atom is 0.243 e. The molecule has 0 spiro atoms. The van der Waals surface area contributed by atoms with E-state index in [1.165, 1.54) is 6.92 Å². The molecule has 0 aliphatic carbocycles. The van der Waals surface area contributed by atoms with E-state index in [0.29, 0.717) is 16.8 Å². The van der Waals surface area contributed by atoms with Gasteiger partial charge in [-0.05, 0) is 43.3 Å². The summed E-state index contributed by atoms with van der Waals surface area (Å²) in [7, 11) is 0. The van der Waals surface area contributed by atoms with Crippen LogP contribution in [0.2, 0.25) is 0 Å². The second kappa shape index (κ2) is 7.04. The minimum atomic E-state index is -0.252. The Hall–Kier alpha value is -3.13. The van der Waals surface area contributed by atoms with Gasteiger partial charge in [0.1, 0.15) is 0 Å². The van der Waals surface area contributed by atoms with Gasteiger partial charge in [-0.3, -0.25) is 9.59 Å². The topological polar surface area (TPSA) is 82.0 Å². The summed E-state index contributed by atoms with van der Waals surface area (Å²) in [5.41, 5.74) is 2.29. The number of amides is 1. The van der Waals surface area contributed by atoms with Crippen LogP contribution in [0.5, 0.6) is 0 Å². The molecule has 2 aromatic carbocycles. The van der Waals surface area contributed by atoms with Crippen molar-refractivity contribution in [1.82, 2.24) is 0 Å². The van der Waals surface area contributed by atoms with Crippen LogP contribution in [0.3, 0.4) is 0 Å². The Morgan fingerprint density at radius 2 is 1.77 bits per heavy atom. The molecule has 110 valence electrons. The molecule has 0 aliphatic rings. The second-order valence-electron chi connectivity index (χ2n) is 4.69. The van der Waals surface area contributed by atoms with Gasteiger partial charge < -0.3 is 10.6 Å². The first kappa shape index (κ1) is 15.3. The van der Waals surface area contributed by atoms with E-state index in [9.17, 15) is 9.59 Å². The van der Waals surface area contributed by atoms with Gasteiger partial charge in [-0.25, -0.2) is 0 Å². The Morgan fingerprint density at radius 1 is 1.09 bits per heavy atom. The van der Waals surface area contributed by atoms with Gasteiger partial charge in [0.25, 0.3) is 0 Å². The molecule has 0 bridgehead atoms. The second-order valence-corrected chi connectivity index (χ2v) is 4.69. The molecule has 2 N–H and O–H groups in total. The minimum absolute atomic E-state index is 0.0676. The SMILES string of the molecule is CC(=O)c1ccccc1NC(=O)CNc1ccc(C#N)cc1. The van der Waals surface area contributed by atoms with Crippen molar-refractivity contribution >= 4 is 23.1 Å². The number of anilines is 2. The zero-order valence-corrected chi connectivity index (χ0v) is 12.1. The third-order valence-electron chi connectivity index (χ3n) is 3.05. The smallest absolute Gasteiger partial charge is 0.243 e. The van der Waals surface area contributed by atoms with Gasteiger partial charge in [0, 0.05) is 11.3 Å². The molecule has 2 rings (SSSR count). The van der Waals surface area contributed by atoms with E-state index < -0.39 is 0 Å². The molecule has 22 heavy (non-hydrogen) atoms. The zero-order chi connectivity index (χ0) is 15.9. The highest BCUT2D eigenvalue weighted by atomic mass is 16.2. The first-order valence-corrected chi connectivity index (χ1v) is 6.74. The van der Waals surface area contributed by atoms with Crippen LogP contribution in [-0.2, 0) is 4.79 Å². The number of carbonyl (C=O) groups is 2. The monoisotopic (exact) mass is 293 g/mol. The maximum absolute atomic E-state index is 11.9. The van der Waals surface area contributed by atoms with E-state index in [4.69, 9.17) is 5.26 Å². The quantitative estimate of drug-likeness (QED) is 0.830. The lowest BCUT2D eigenvalue weighted by atomic mass is 10.1. The Morgan fingerprint density at radius 3 is 2.41 bits per heavy atom. The van der Waals surface area contributed by atoms with Crippen LogP contribution in [0.25, 0.3) is 0 Å². The Kier molecular flexibility index (Phi) is 4.89. The lowest BCUT2D eigenvalue weighted by molar-refractivity contribution is -0.114. The van der Waals surface area contributed by atoms with E-state index in [2.05, 4.69) is 10.6 Å². The number of ketones is 1. The lowest BCUT2D eigenvalue weighted by Gasteiger charge is -2.10.